The zero-order valence-corrected chi connectivity index (χ0v) is 42.5. The van der Waals surface area contributed by atoms with E-state index in [2.05, 4.69) is 31.3 Å². The third-order valence-corrected chi connectivity index (χ3v) is 14.3. The number of aliphatic hydroxyl groups excluding tert-OH is 2. The van der Waals surface area contributed by atoms with Crippen LogP contribution in [0.15, 0.2) is 9.98 Å². The number of nitrogens with one attached hydrogen (secondary N) is 4. The van der Waals surface area contributed by atoms with Crippen LogP contribution in [0.4, 0.5) is 0 Å². The van der Waals surface area contributed by atoms with Gasteiger partial charge in [-0.3, -0.25) is 53.1 Å². The van der Waals surface area contributed by atoms with Gasteiger partial charge in [0.15, 0.2) is 11.9 Å². The summed E-state index contributed by atoms with van der Waals surface area (Å²) in [6, 6.07) is -11.7. The number of hydrogen-bond donors (Lipinski definition) is 12. The molecule has 17 N–H and O–H groups in total. The number of carbonyl (C=O) groups is 10. The number of rotatable bonds is 24. The number of aliphatic carboxylic acids is 1. The first-order chi connectivity index (χ1) is 35.7. The number of carboxylic acids is 1. The number of carbonyl (C=O) groups excluding carboxylic acids is 9. The standard InChI is InChI=1S/C46H76N16O13/c1-25(47)39(69)58-18-4-11-30(58)37(67)54-26(9-2-16-52-45(48)49)35(65)57-29(24-64)41(71)60-20-6-13-32(60)43(73)61-21-7-14-33(61)42(72)59-19-5-12-31(59)38(68)56-28(23-63)36(66)55-27(10-3-17-53-46(50)51)40(70)62-22-8-15-34(62)44(74)75/h25-34,63-64H,2-24,47H2,1H3,(H,54,67)(H,55,66)(H,56,68)(H,57,65)(H,74,75)(H4,48,49,52)(H4,50,51,53)/t25-,26-,27-,28-,29-,30-,31-,32-,33-,34-/m0/s1. The van der Waals surface area contributed by atoms with E-state index in [1.807, 2.05) is 0 Å². The summed E-state index contributed by atoms with van der Waals surface area (Å²) in [6.45, 7) is 0.733. The summed E-state index contributed by atoms with van der Waals surface area (Å²) in [5.74, 6) is -7.69. The second-order valence-electron chi connectivity index (χ2n) is 19.6. The van der Waals surface area contributed by atoms with Gasteiger partial charge in [-0.1, -0.05) is 0 Å². The summed E-state index contributed by atoms with van der Waals surface area (Å²) in [5.41, 5.74) is 27.6. The van der Waals surface area contributed by atoms with Gasteiger partial charge in [0, 0.05) is 45.8 Å². The zero-order valence-electron chi connectivity index (χ0n) is 42.5. The van der Waals surface area contributed by atoms with Crippen LogP contribution in [0.5, 0.6) is 0 Å². The Morgan fingerprint density at radius 1 is 0.493 bits per heavy atom. The van der Waals surface area contributed by atoms with Crippen molar-refractivity contribution in [2.75, 3.05) is 59.0 Å². The molecule has 418 valence electrons. The molecule has 0 aromatic heterocycles. The smallest absolute Gasteiger partial charge is 0.326 e. The van der Waals surface area contributed by atoms with E-state index in [4.69, 9.17) is 28.7 Å². The summed E-state index contributed by atoms with van der Waals surface area (Å²) < 4.78 is 0. The summed E-state index contributed by atoms with van der Waals surface area (Å²) in [7, 11) is 0. The van der Waals surface area contributed by atoms with E-state index < -0.39 is 133 Å². The Labute approximate surface area is 434 Å². The van der Waals surface area contributed by atoms with Gasteiger partial charge in [0.25, 0.3) is 0 Å². The number of amides is 9. The van der Waals surface area contributed by atoms with Crippen molar-refractivity contribution in [3.63, 3.8) is 0 Å². The Balaban J connectivity index is 1.23. The molecule has 0 unspecified atom stereocenters. The van der Waals surface area contributed by atoms with Crippen molar-refractivity contribution in [1.29, 1.82) is 0 Å². The third-order valence-electron chi connectivity index (χ3n) is 14.3. The molecule has 29 nitrogen and oxygen atoms in total. The predicted molar refractivity (Wildman–Crippen MR) is 267 cm³/mol. The van der Waals surface area contributed by atoms with Crippen LogP contribution in [0.1, 0.15) is 96.8 Å². The van der Waals surface area contributed by atoms with E-state index in [1.54, 1.807) is 0 Å². The average Bonchev–Trinajstić information content (AvgIpc) is 4.25. The molecule has 0 aliphatic carbocycles. The fourth-order valence-electron chi connectivity index (χ4n) is 10.5. The van der Waals surface area contributed by atoms with Gasteiger partial charge < -0.3 is 89.8 Å². The van der Waals surface area contributed by atoms with Crippen molar-refractivity contribution in [2.24, 2.45) is 38.7 Å². The van der Waals surface area contributed by atoms with E-state index >= 15 is 0 Å². The lowest BCUT2D eigenvalue weighted by Crippen LogP contribution is -2.60. The number of aliphatic imine (C=N–C) groups is 2. The van der Waals surface area contributed by atoms with Crippen LogP contribution < -0.4 is 49.9 Å². The van der Waals surface area contributed by atoms with E-state index in [1.165, 1.54) is 26.5 Å². The number of likely N-dealkylation sites (tertiary alicyclic amines) is 5. The highest BCUT2D eigenvalue weighted by Crippen LogP contribution is 2.29. The molecule has 5 fully saturated rings. The molecule has 9 amide bonds. The molecule has 75 heavy (non-hydrogen) atoms. The van der Waals surface area contributed by atoms with Crippen LogP contribution in [-0.2, 0) is 47.9 Å². The highest BCUT2D eigenvalue weighted by atomic mass is 16.4. The lowest BCUT2D eigenvalue weighted by molar-refractivity contribution is -0.151. The summed E-state index contributed by atoms with van der Waals surface area (Å²) >= 11 is 0. The maximum Gasteiger partial charge on any atom is 0.326 e. The summed E-state index contributed by atoms with van der Waals surface area (Å²) in [4.78, 5) is 150. The number of nitrogens with two attached hydrogens (primary N) is 5. The first kappa shape index (κ1) is 59.0. The van der Waals surface area contributed by atoms with Gasteiger partial charge in [-0.15, -0.1) is 0 Å². The molecule has 0 bridgehead atoms. The van der Waals surface area contributed by atoms with E-state index in [0.29, 0.717) is 45.1 Å². The second kappa shape index (κ2) is 27.6. The molecule has 29 heteroatoms. The molecular weight excluding hydrogens is 985 g/mol. The zero-order chi connectivity index (χ0) is 55.1. The quantitative estimate of drug-likeness (QED) is 0.0243. The Morgan fingerprint density at radius 2 is 0.853 bits per heavy atom. The fraction of sp³-hybridized carbons (Fsp3) is 0.739. The highest BCUT2D eigenvalue weighted by Gasteiger charge is 2.47. The fourth-order valence-corrected chi connectivity index (χ4v) is 10.5. The van der Waals surface area contributed by atoms with E-state index in [-0.39, 0.29) is 103 Å². The first-order valence-corrected chi connectivity index (χ1v) is 25.7. The lowest BCUT2D eigenvalue weighted by Gasteiger charge is -2.35. The van der Waals surface area contributed by atoms with Crippen LogP contribution >= 0.6 is 0 Å². The van der Waals surface area contributed by atoms with Crippen molar-refractivity contribution < 1.29 is 63.3 Å². The third kappa shape index (κ3) is 15.1. The molecule has 5 heterocycles. The molecule has 5 rings (SSSR count). The first-order valence-electron chi connectivity index (χ1n) is 25.7. The molecule has 0 spiro atoms. The normalized spacial score (nSPS) is 23.4. The number of hydrogen-bond acceptors (Lipinski definition) is 15. The van der Waals surface area contributed by atoms with Gasteiger partial charge in [0.05, 0.1) is 19.3 Å². The Morgan fingerprint density at radius 3 is 1.33 bits per heavy atom. The van der Waals surface area contributed by atoms with Crippen molar-refractivity contribution in [3.05, 3.63) is 0 Å². The Kier molecular flexibility index (Phi) is 21.7. The van der Waals surface area contributed by atoms with Gasteiger partial charge in [-0.05, 0) is 96.8 Å². The van der Waals surface area contributed by atoms with E-state index in [9.17, 15) is 63.3 Å². The minimum absolute atomic E-state index is 0.00380. The molecule has 5 saturated heterocycles. The van der Waals surface area contributed by atoms with Gasteiger partial charge >= 0.3 is 5.97 Å². The molecule has 10 atom stereocenters. The monoisotopic (exact) mass is 1060 g/mol. The molecule has 0 radical (unpaired) electrons. The Hall–Kier alpha value is -6.88. The summed E-state index contributed by atoms with van der Waals surface area (Å²) in [6.07, 6.45) is 3.74. The number of aliphatic hydroxyl groups is 2. The van der Waals surface area contributed by atoms with Crippen molar-refractivity contribution >= 4 is 71.1 Å². The molecule has 5 aliphatic rings. The van der Waals surface area contributed by atoms with Gasteiger partial charge in [0.2, 0.25) is 53.2 Å². The number of nitrogens with zero attached hydrogens (tertiary/aromatic N) is 7. The molecule has 5 aliphatic heterocycles. The van der Waals surface area contributed by atoms with Crippen molar-refractivity contribution in [3.8, 4) is 0 Å². The van der Waals surface area contributed by atoms with Crippen LogP contribution in [0.25, 0.3) is 0 Å². The SMILES string of the molecule is C[C@H](N)C(=O)N1CCC[C@H]1C(=O)N[C@@H](CCCN=C(N)N)C(=O)N[C@@H](CO)C(=O)N1CCC[C@H]1C(=O)N1CCC[C@H]1C(=O)N1CCC[C@H]1C(=O)N[C@@H](CO)C(=O)N[C@@H](CCCN=C(N)N)C(=O)N1CCC[C@H]1C(=O)O. The largest absolute Gasteiger partial charge is 0.480 e. The molecule has 0 saturated carbocycles. The number of guanidine groups is 2. The van der Waals surface area contributed by atoms with Crippen LogP contribution in [0.3, 0.4) is 0 Å². The molecular formula is C46H76N16O13. The summed E-state index contributed by atoms with van der Waals surface area (Å²) in [5, 5.41) is 40.7. The van der Waals surface area contributed by atoms with Crippen LogP contribution in [0, 0.1) is 0 Å². The van der Waals surface area contributed by atoms with Gasteiger partial charge in [0.1, 0.15) is 54.4 Å². The molecule has 0 aromatic rings. The predicted octanol–water partition coefficient (Wildman–Crippen LogP) is -6.60. The highest BCUT2D eigenvalue weighted by molar-refractivity contribution is 5.99. The maximum atomic E-state index is 14.4. The average molecular weight is 1060 g/mol. The molecule has 0 aromatic carbocycles. The minimum Gasteiger partial charge on any atom is -0.480 e. The Bertz CT molecular complexity index is 2170. The van der Waals surface area contributed by atoms with Crippen LogP contribution in [0.2, 0.25) is 0 Å². The van der Waals surface area contributed by atoms with Crippen LogP contribution in [-0.4, -0.2) is 230 Å². The van der Waals surface area contributed by atoms with E-state index in [0.717, 1.165) is 4.90 Å². The minimum atomic E-state index is -1.58. The maximum absolute atomic E-state index is 14.4. The van der Waals surface area contributed by atoms with Crippen molar-refractivity contribution in [1.82, 2.24) is 45.8 Å². The van der Waals surface area contributed by atoms with Gasteiger partial charge in [-0.2, -0.15) is 0 Å². The van der Waals surface area contributed by atoms with Gasteiger partial charge in [-0.25, -0.2) is 4.79 Å². The number of carboxylic acid groups (broad SMARTS) is 1. The second-order valence-corrected chi connectivity index (χ2v) is 19.6. The lowest BCUT2D eigenvalue weighted by atomic mass is 10.1. The topological polar surface area (TPSA) is 451 Å². The van der Waals surface area contributed by atoms with Crippen molar-refractivity contribution in [2.45, 2.75) is 157 Å².